The molecule has 0 unspecified atom stereocenters. The van der Waals surface area contributed by atoms with Gasteiger partial charge in [-0.15, -0.1) is 11.8 Å². The lowest BCUT2D eigenvalue weighted by atomic mass is 10.0. The molecule has 23 heavy (non-hydrogen) atoms. The number of nitrogens with one attached hydrogen (secondary N) is 1. The predicted octanol–water partition coefficient (Wildman–Crippen LogP) is 2.90. The third-order valence-corrected chi connectivity index (χ3v) is 5.55. The van der Waals surface area contributed by atoms with E-state index in [-0.39, 0.29) is 11.8 Å². The van der Waals surface area contributed by atoms with Gasteiger partial charge in [0.1, 0.15) is 12.0 Å². The number of nitrogens with zero attached hydrogens (tertiary/aromatic N) is 3. The highest BCUT2D eigenvalue weighted by Gasteiger charge is 2.30. The van der Waals surface area contributed by atoms with Gasteiger partial charge in [-0.3, -0.25) is 4.79 Å². The molecule has 1 saturated heterocycles. The molecule has 118 valence electrons. The van der Waals surface area contributed by atoms with E-state index < -0.39 is 0 Å². The Morgan fingerprint density at radius 1 is 1.26 bits per heavy atom. The molecule has 1 aromatic carbocycles. The number of hydrogen-bond donors (Lipinski definition) is 1. The molecule has 1 aromatic heterocycles. The lowest BCUT2D eigenvalue weighted by Crippen LogP contribution is -2.25. The molecule has 6 heteroatoms. The molecular weight excluding hydrogens is 308 g/mol. The number of rotatable bonds is 3. The van der Waals surface area contributed by atoms with Gasteiger partial charge in [-0.1, -0.05) is 18.2 Å². The van der Waals surface area contributed by atoms with Crippen molar-refractivity contribution < 1.29 is 4.79 Å². The monoisotopic (exact) mass is 326 g/mol. The summed E-state index contributed by atoms with van der Waals surface area (Å²) >= 11 is 1.74. The van der Waals surface area contributed by atoms with Gasteiger partial charge in [0.25, 0.3) is 0 Å². The fraction of sp³-hybridized carbons (Fsp3) is 0.353. The van der Waals surface area contributed by atoms with Crippen molar-refractivity contribution in [2.75, 3.05) is 29.1 Å². The molecule has 1 N–H and O–H groups in total. The molecule has 1 fully saturated rings. The largest absolute Gasteiger partial charge is 0.355 e. The van der Waals surface area contributed by atoms with E-state index in [1.807, 2.05) is 18.2 Å². The average Bonchev–Trinajstić information content (AvgIpc) is 3.25. The number of thioether (sulfide) groups is 1. The Labute approximate surface area is 139 Å². The minimum Gasteiger partial charge on any atom is -0.355 e. The van der Waals surface area contributed by atoms with Crippen LogP contribution < -0.4 is 10.2 Å². The van der Waals surface area contributed by atoms with Gasteiger partial charge in [0, 0.05) is 23.7 Å². The molecule has 0 saturated carbocycles. The lowest BCUT2D eigenvalue weighted by molar-refractivity contribution is -0.117. The van der Waals surface area contributed by atoms with Gasteiger partial charge in [0.15, 0.2) is 5.82 Å². The lowest BCUT2D eigenvalue weighted by Gasteiger charge is -2.20. The second-order valence-corrected chi connectivity index (χ2v) is 6.91. The molecule has 3 heterocycles. The van der Waals surface area contributed by atoms with Gasteiger partial charge < -0.3 is 10.2 Å². The molecule has 5 nitrogen and oxygen atoms in total. The Morgan fingerprint density at radius 3 is 2.96 bits per heavy atom. The number of carbonyl (C=O) groups is 1. The zero-order valence-electron chi connectivity index (χ0n) is 12.7. The maximum absolute atomic E-state index is 12.7. The summed E-state index contributed by atoms with van der Waals surface area (Å²) in [6.45, 7) is 1.98. The van der Waals surface area contributed by atoms with Crippen molar-refractivity contribution >= 4 is 29.2 Å². The van der Waals surface area contributed by atoms with Crippen LogP contribution in [0.25, 0.3) is 0 Å². The summed E-state index contributed by atoms with van der Waals surface area (Å²) in [5.74, 6) is 1.54. The Hall–Kier alpha value is -2.08. The number of aromatic nitrogens is 2. The summed E-state index contributed by atoms with van der Waals surface area (Å²) in [4.78, 5) is 24.6. The maximum Gasteiger partial charge on any atom is 0.232 e. The maximum atomic E-state index is 12.7. The standard InChI is InChI=1S/C17H18N4OS/c22-17(13-10-23-15-6-2-1-5-12(13)15)20-14-9-18-11-19-16(14)21-7-3-4-8-21/h1-2,5-6,9,11,13H,3-4,7-8,10H2,(H,20,22)/t13-/m1/s1. The molecule has 4 rings (SSSR count). The first kappa shape index (κ1) is 14.5. The van der Waals surface area contributed by atoms with Crippen LogP contribution in [0.2, 0.25) is 0 Å². The Balaban J connectivity index is 1.56. The van der Waals surface area contributed by atoms with Gasteiger partial charge in [0.05, 0.1) is 12.1 Å². The molecule has 0 radical (unpaired) electrons. The first-order chi connectivity index (χ1) is 11.3. The number of fused-ring (bicyclic) bond motifs is 1. The average molecular weight is 326 g/mol. The van der Waals surface area contributed by atoms with Crippen LogP contribution in [0.5, 0.6) is 0 Å². The van der Waals surface area contributed by atoms with E-state index in [2.05, 4.69) is 26.3 Å². The van der Waals surface area contributed by atoms with Gasteiger partial charge in [-0.25, -0.2) is 9.97 Å². The van der Waals surface area contributed by atoms with E-state index in [4.69, 9.17) is 0 Å². The first-order valence-corrected chi connectivity index (χ1v) is 8.89. The van der Waals surface area contributed by atoms with E-state index in [1.165, 1.54) is 17.7 Å². The highest BCUT2D eigenvalue weighted by molar-refractivity contribution is 7.99. The van der Waals surface area contributed by atoms with E-state index >= 15 is 0 Å². The van der Waals surface area contributed by atoms with Crippen LogP contribution >= 0.6 is 11.8 Å². The van der Waals surface area contributed by atoms with Crippen LogP contribution in [0.4, 0.5) is 11.5 Å². The van der Waals surface area contributed by atoms with Crippen LogP contribution in [-0.2, 0) is 4.79 Å². The summed E-state index contributed by atoms with van der Waals surface area (Å²) in [6, 6.07) is 8.13. The quantitative estimate of drug-likeness (QED) is 0.940. The second-order valence-electron chi connectivity index (χ2n) is 5.84. The van der Waals surface area contributed by atoms with Crippen molar-refractivity contribution in [1.82, 2.24) is 9.97 Å². The topological polar surface area (TPSA) is 58.1 Å². The van der Waals surface area contributed by atoms with Crippen molar-refractivity contribution in [1.29, 1.82) is 0 Å². The molecule has 0 spiro atoms. The van der Waals surface area contributed by atoms with Gasteiger partial charge in [-0.05, 0) is 24.5 Å². The fourth-order valence-corrected chi connectivity index (χ4v) is 4.42. The predicted molar refractivity (Wildman–Crippen MR) is 92.0 cm³/mol. The molecule has 0 aliphatic carbocycles. The molecule has 2 aromatic rings. The highest BCUT2D eigenvalue weighted by Crippen LogP contribution is 2.40. The number of benzene rings is 1. The summed E-state index contributed by atoms with van der Waals surface area (Å²) in [7, 11) is 0. The van der Waals surface area contributed by atoms with Crippen molar-refractivity contribution in [3.63, 3.8) is 0 Å². The zero-order valence-corrected chi connectivity index (χ0v) is 13.6. The zero-order chi connectivity index (χ0) is 15.6. The minimum absolute atomic E-state index is 0.0256. The summed E-state index contributed by atoms with van der Waals surface area (Å²) in [5, 5.41) is 3.05. The van der Waals surface area contributed by atoms with Crippen molar-refractivity contribution in [2.24, 2.45) is 0 Å². The molecule has 2 aliphatic heterocycles. The molecule has 2 aliphatic rings. The van der Waals surface area contributed by atoms with E-state index in [0.29, 0.717) is 5.69 Å². The van der Waals surface area contributed by atoms with Crippen molar-refractivity contribution in [3.8, 4) is 0 Å². The fourth-order valence-electron chi connectivity index (χ4n) is 3.19. The Morgan fingerprint density at radius 2 is 2.09 bits per heavy atom. The molecule has 0 bridgehead atoms. The number of amides is 1. The van der Waals surface area contributed by atoms with Crippen LogP contribution in [0.3, 0.4) is 0 Å². The Bertz CT molecular complexity index is 730. The van der Waals surface area contributed by atoms with Crippen molar-refractivity contribution in [2.45, 2.75) is 23.7 Å². The summed E-state index contributed by atoms with van der Waals surface area (Å²) in [6.07, 6.45) is 5.59. The van der Waals surface area contributed by atoms with Gasteiger partial charge >= 0.3 is 0 Å². The van der Waals surface area contributed by atoms with Gasteiger partial charge in [-0.2, -0.15) is 0 Å². The third kappa shape index (κ3) is 2.79. The normalized spacial score (nSPS) is 19.7. The summed E-state index contributed by atoms with van der Waals surface area (Å²) < 4.78 is 0. The van der Waals surface area contributed by atoms with Gasteiger partial charge in [0.2, 0.25) is 5.91 Å². The SMILES string of the molecule is O=C(Nc1cncnc1N1CCCC1)[C@@H]1CSc2ccccc21. The first-order valence-electron chi connectivity index (χ1n) is 7.90. The van der Waals surface area contributed by atoms with E-state index in [0.717, 1.165) is 30.2 Å². The molecular formula is C17H18N4OS. The third-order valence-electron chi connectivity index (χ3n) is 4.37. The van der Waals surface area contributed by atoms with E-state index in [1.54, 1.807) is 24.3 Å². The molecule has 1 amide bonds. The van der Waals surface area contributed by atoms with Crippen LogP contribution in [0.1, 0.15) is 24.3 Å². The Kier molecular flexibility index (Phi) is 3.91. The number of anilines is 2. The second kappa shape index (κ2) is 6.20. The van der Waals surface area contributed by atoms with Crippen LogP contribution in [0.15, 0.2) is 41.7 Å². The smallest absolute Gasteiger partial charge is 0.232 e. The van der Waals surface area contributed by atoms with Crippen LogP contribution in [-0.4, -0.2) is 34.7 Å². The molecule has 1 atom stereocenters. The van der Waals surface area contributed by atoms with Crippen LogP contribution in [0, 0.1) is 0 Å². The number of carbonyl (C=O) groups excluding carboxylic acids is 1. The van der Waals surface area contributed by atoms with Crippen molar-refractivity contribution in [3.05, 3.63) is 42.4 Å². The number of hydrogen-bond acceptors (Lipinski definition) is 5. The van der Waals surface area contributed by atoms with E-state index in [9.17, 15) is 4.79 Å². The minimum atomic E-state index is -0.108. The summed E-state index contributed by atoms with van der Waals surface area (Å²) in [5.41, 5.74) is 1.84. The highest BCUT2D eigenvalue weighted by atomic mass is 32.2.